The van der Waals surface area contributed by atoms with Gasteiger partial charge in [-0.25, -0.2) is 0 Å². The van der Waals surface area contributed by atoms with Crippen molar-refractivity contribution in [3.8, 4) is 5.88 Å². The van der Waals surface area contributed by atoms with Crippen LogP contribution in [-0.4, -0.2) is 37.9 Å². The van der Waals surface area contributed by atoms with Crippen molar-refractivity contribution >= 4 is 11.5 Å². The van der Waals surface area contributed by atoms with Gasteiger partial charge in [0.25, 0.3) is 0 Å². The number of rotatable bonds is 5. The Balaban J connectivity index is 2.11. The van der Waals surface area contributed by atoms with Crippen molar-refractivity contribution in [3.05, 3.63) is 12.1 Å². The van der Waals surface area contributed by atoms with Crippen LogP contribution >= 0.6 is 0 Å². The van der Waals surface area contributed by atoms with Crippen LogP contribution in [0.5, 0.6) is 5.88 Å². The topological polar surface area (TPSA) is 60.6 Å². The zero-order chi connectivity index (χ0) is 14.5. The molecule has 1 aliphatic rings. The summed E-state index contributed by atoms with van der Waals surface area (Å²) in [4.78, 5) is 6.86. The van der Waals surface area contributed by atoms with E-state index in [-0.39, 0.29) is 6.10 Å². The van der Waals surface area contributed by atoms with Crippen LogP contribution in [0.25, 0.3) is 0 Å². The van der Waals surface area contributed by atoms with Gasteiger partial charge in [0.15, 0.2) is 0 Å². The lowest BCUT2D eigenvalue weighted by Crippen LogP contribution is -2.37. The molecule has 0 bridgehead atoms. The minimum absolute atomic E-state index is 0.0719. The van der Waals surface area contributed by atoms with Crippen molar-refractivity contribution in [1.82, 2.24) is 4.98 Å². The molecule has 2 N–H and O–H groups in total. The fourth-order valence-corrected chi connectivity index (χ4v) is 2.58. The quantitative estimate of drug-likeness (QED) is 0.896. The smallest absolute Gasteiger partial charge is 0.239 e. The van der Waals surface area contributed by atoms with Crippen molar-refractivity contribution in [2.24, 2.45) is 5.92 Å². The molecule has 1 aliphatic heterocycles. The first kappa shape index (κ1) is 14.9. The molecule has 20 heavy (non-hydrogen) atoms. The number of piperidine rings is 1. The maximum Gasteiger partial charge on any atom is 0.239 e. The summed E-state index contributed by atoms with van der Waals surface area (Å²) in [5.74, 6) is 2.05. The Hall–Kier alpha value is -1.49. The van der Waals surface area contributed by atoms with Crippen LogP contribution in [0.4, 0.5) is 11.5 Å². The minimum Gasteiger partial charge on any atom is -0.473 e. The fourth-order valence-electron chi connectivity index (χ4n) is 2.58. The van der Waals surface area contributed by atoms with Crippen LogP contribution in [0.1, 0.15) is 26.7 Å². The predicted molar refractivity (Wildman–Crippen MR) is 81.2 cm³/mol. The van der Waals surface area contributed by atoms with Gasteiger partial charge in [-0.3, -0.25) is 0 Å². The lowest BCUT2D eigenvalue weighted by Gasteiger charge is -2.33. The Morgan fingerprint density at radius 1 is 1.45 bits per heavy atom. The van der Waals surface area contributed by atoms with Crippen LogP contribution in [-0.2, 0) is 4.74 Å². The van der Waals surface area contributed by atoms with Crippen LogP contribution in [0.3, 0.4) is 0 Å². The maximum absolute atomic E-state index is 5.92. The first-order valence-corrected chi connectivity index (χ1v) is 7.27. The van der Waals surface area contributed by atoms with Crippen LogP contribution in [0, 0.1) is 5.92 Å². The van der Waals surface area contributed by atoms with E-state index in [9.17, 15) is 0 Å². The zero-order valence-electron chi connectivity index (χ0n) is 12.6. The van der Waals surface area contributed by atoms with Gasteiger partial charge >= 0.3 is 0 Å². The number of hydrogen-bond acceptors (Lipinski definition) is 5. The van der Waals surface area contributed by atoms with Gasteiger partial charge in [-0.05, 0) is 44.7 Å². The van der Waals surface area contributed by atoms with Gasteiger partial charge in [-0.2, -0.15) is 4.98 Å². The molecule has 1 atom stereocenters. The third-order valence-electron chi connectivity index (χ3n) is 3.47. The third kappa shape index (κ3) is 3.76. The number of anilines is 2. The molecule has 0 radical (unpaired) electrons. The summed E-state index contributed by atoms with van der Waals surface area (Å²) in [5, 5.41) is 0. The molecule has 1 saturated heterocycles. The lowest BCUT2D eigenvalue weighted by atomic mass is 9.99. The summed E-state index contributed by atoms with van der Waals surface area (Å²) in [6.07, 6.45) is 2.46. The SMILES string of the molecule is COCC1CCCN(c2ccc(N)c(OC(C)C)n2)C1. The van der Waals surface area contributed by atoms with Crippen molar-refractivity contribution in [3.63, 3.8) is 0 Å². The summed E-state index contributed by atoms with van der Waals surface area (Å²) in [6, 6.07) is 3.84. The van der Waals surface area contributed by atoms with E-state index in [2.05, 4.69) is 9.88 Å². The van der Waals surface area contributed by atoms with Gasteiger partial charge in [0.2, 0.25) is 5.88 Å². The highest BCUT2D eigenvalue weighted by atomic mass is 16.5. The van der Waals surface area contributed by atoms with E-state index >= 15 is 0 Å². The first-order chi connectivity index (χ1) is 9.60. The van der Waals surface area contributed by atoms with Crippen molar-refractivity contribution in [2.75, 3.05) is 37.4 Å². The fraction of sp³-hybridized carbons (Fsp3) is 0.667. The Bertz CT molecular complexity index is 435. The van der Waals surface area contributed by atoms with E-state index in [0.29, 0.717) is 17.5 Å². The average Bonchev–Trinajstić information content (AvgIpc) is 2.41. The zero-order valence-corrected chi connectivity index (χ0v) is 12.6. The maximum atomic E-state index is 5.92. The molecule has 0 spiro atoms. The molecule has 5 heteroatoms. The molecule has 1 aromatic rings. The van der Waals surface area contributed by atoms with Crippen molar-refractivity contribution < 1.29 is 9.47 Å². The summed E-state index contributed by atoms with van der Waals surface area (Å²) >= 11 is 0. The summed E-state index contributed by atoms with van der Waals surface area (Å²) < 4.78 is 10.9. The van der Waals surface area contributed by atoms with Gasteiger partial charge in [0, 0.05) is 20.2 Å². The number of nitrogen functional groups attached to an aromatic ring is 1. The van der Waals surface area contributed by atoms with Gasteiger partial charge in [-0.1, -0.05) is 0 Å². The summed E-state index contributed by atoms with van der Waals surface area (Å²) in [6.45, 7) is 6.76. The van der Waals surface area contributed by atoms with E-state index in [1.54, 1.807) is 7.11 Å². The molecule has 1 fully saturated rings. The third-order valence-corrected chi connectivity index (χ3v) is 3.47. The van der Waals surface area contributed by atoms with E-state index in [1.807, 2.05) is 26.0 Å². The second-order valence-electron chi connectivity index (χ2n) is 5.64. The van der Waals surface area contributed by atoms with E-state index in [0.717, 1.165) is 25.5 Å². The van der Waals surface area contributed by atoms with E-state index in [4.69, 9.17) is 15.2 Å². The number of nitrogens with two attached hydrogens (primary N) is 1. The molecule has 5 nitrogen and oxygen atoms in total. The second-order valence-corrected chi connectivity index (χ2v) is 5.64. The number of methoxy groups -OCH3 is 1. The first-order valence-electron chi connectivity index (χ1n) is 7.27. The van der Waals surface area contributed by atoms with Gasteiger partial charge in [-0.15, -0.1) is 0 Å². The summed E-state index contributed by atoms with van der Waals surface area (Å²) in [7, 11) is 1.76. The molecular weight excluding hydrogens is 254 g/mol. The number of pyridine rings is 1. The molecule has 2 rings (SSSR count). The lowest BCUT2D eigenvalue weighted by molar-refractivity contribution is 0.143. The number of aromatic nitrogens is 1. The number of ether oxygens (including phenoxy) is 2. The molecule has 1 unspecified atom stereocenters. The van der Waals surface area contributed by atoms with E-state index in [1.165, 1.54) is 12.8 Å². The van der Waals surface area contributed by atoms with Crippen LogP contribution in [0.15, 0.2) is 12.1 Å². The Morgan fingerprint density at radius 3 is 2.95 bits per heavy atom. The van der Waals surface area contributed by atoms with Gasteiger partial charge < -0.3 is 20.1 Å². The van der Waals surface area contributed by atoms with Gasteiger partial charge in [0.1, 0.15) is 5.82 Å². The molecule has 0 amide bonds. The Labute approximate surface area is 121 Å². The minimum atomic E-state index is 0.0719. The number of hydrogen-bond donors (Lipinski definition) is 1. The van der Waals surface area contributed by atoms with E-state index < -0.39 is 0 Å². The molecule has 0 saturated carbocycles. The Kier molecular flexibility index (Phi) is 5.06. The largest absolute Gasteiger partial charge is 0.473 e. The highest BCUT2D eigenvalue weighted by Crippen LogP contribution is 2.27. The molecule has 0 aliphatic carbocycles. The standard InChI is InChI=1S/C15H25N3O2/c1-11(2)20-15-13(16)6-7-14(17-15)18-8-4-5-12(9-18)10-19-3/h6-7,11-12H,4-5,8-10,16H2,1-3H3. The van der Waals surface area contributed by atoms with Gasteiger partial charge in [0.05, 0.1) is 18.4 Å². The normalized spacial score (nSPS) is 19.4. The molecule has 1 aromatic heterocycles. The predicted octanol–water partition coefficient (Wildman–Crippen LogP) is 2.31. The highest BCUT2D eigenvalue weighted by molar-refractivity contribution is 5.54. The van der Waals surface area contributed by atoms with Crippen LogP contribution < -0.4 is 15.4 Å². The summed E-state index contributed by atoms with van der Waals surface area (Å²) in [5.41, 5.74) is 6.51. The molecule has 2 heterocycles. The monoisotopic (exact) mass is 279 g/mol. The van der Waals surface area contributed by atoms with Crippen molar-refractivity contribution in [1.29, 1.82) is 0 Å². The van der Waals surface area contributed by atoms with Crippen LogP contribution in [0.2, 0.25) is 0 Å². The molecular formula is C15H25N3O2. The Morgan fingerprint density at radius 2 is 2.25 bits per heavy atom. The second kappa shape index (κ2) is 6.79. The molecule has 112 valence electrons. The molecule has 0 aromatic carbocycles. The van der Waals surface area contributed by atoms with Crippen molar-refractivity contribution in [2.45, 2.75) is 32.8 Å². The highest BCUT2D eigenvalue weighted by Gasteiger charge is 2.21. The average molecular weight is 279 g/mol. The number of nitrogens with zero attached hydrogens (tertiary/aromatic N) is 2.